The topological polar surface area (TPSA) is 100.0 Å². The van der Waals surface area contributed by atoms with Crippen LogP contribution in [0.4, 0.5) is 11.4 Å². The molecule has 8 heteroatoms. The summed E-state index contributed by atoms with van der Waals surface area (Å²) in [6.07, 6.45) is 0.499. The van der Waals surface area contributed by atoms with Crippen LogP contribution in [0.25, 0.3) is 0 Å². The molecule has 130 valence electrons. The fourth-order valence-corrected chi connectivity index (χ4v) is 2.44. The van der Waals surface area contributed by atoms with Gasteiger partial charge >= 0.3 is 0 Å². The number of halogens is 1. The molecule has 0 aliphatic rings. The average Bonchev–Trinajstić information content (AvgIpc) is 2.59. The van der Waals surface area contributed by atoms with Crippen molar-refractivity contribution in [2.45, 2.75) is 19.9 Å². The van der Waals surface area contributed by atoms with Crippen molar-refractivity contribution in [2.24, 2.45) is 10.2 Å². The molecule has 0 saturated heterocycles. The van der Waals surface area contributed by atoms with Gasteiger partial charge in [0.05, 0.1) is 5.02 Å². The van der Waals surface area contributed by atoms with E-state index in [0.717, 1.165) is 4.57 Å². The van der Waals surface area contributed by atoms with Crippen molar-refractivity contribution in [3.63, 3.8) is 0 Å². The molecule has 0 spiro atoms. The number of rotatable bonds is 6. The number of hydrogen-bond donors (Lipinski definition) is 1. The van der Waals surface area contributed by atoms with Crippen LogP contribution in [0.15, 0.2) is 39.3 Å². The van der Waals surface area contributed by atoms with Gasteiger partial charge in [0.25, 0.3) is 5.56 Å². The van der Waals surface area contributed by atoms with Gasteiger partial charge in [-0.3, -0.25) is 9.36 Å². The van der Waals surface area contributed by atoms with Crippen LogP contribution in [0.1, 0.15) is 17.5 Å². The third-order valence-corrected chi connectivity index (χ3v) is 3.93. The van der Waals surface area contributed by atoms with Crippen LogP contribution in [0.3, 0.4) is 0 Å². The lowest BCUT2D eigenvalue weighted by atomic mass is 10.1. The second-order valence-electron chi connectivity index (χ2n) is 5.24. The molecule has 1 aromatic carbocycles. The van der Waals surface area contributed by atoms with Crippen LogP contribution in [0.5, 0.6) is 5.88 Å². The summed E-state index contributed by atoms with van der Waals surface area (Å²) in [7, 11) is 1.54. The second kappa shape index (κ2) is 8.42. The lowest BCUT2D eigenvalue weighted by Crippen LogP contribution is -2.22. The predicted molar refractivity (Wildman–Crippen MR) is 93.9 cm³/mol. The minimum atomic E-state index is -0.527. The quantitative estimate of drug-likeness (QED) is 0.624. The summed E-state index contributed by atoms with van der Waals surface area (Å²) in [5.41, 5.74) is 0.127. The van der Waals surface area contributed by atoms with E-state index in [4.69, 9.17) is 16.3 Å². The molecule has 2 aromatic rings. The fourth-order valence-electron chi connectivity index (χ4n) is 2.27. The summed E-state index contributed by atoms with van der Waals surface area (Å²) >= 11 is 6.03. The molecule has 0 aliphatic carbocycles. The Hall–Kier alpha value is -2.69. The van der Waals surface area contributed by atoms with Crippen molar-refractivity contribution in [2.75, 3.05) is 13.7 Å². The molecule has 1 aromatic heterocycles. The molecule has 1 heterocycles. The Labute approximate surface area is 149 Å². The summed E-state index contributed by atoms with van der Waals surface area (Å²) in [6.45, 7) is 2.15. The highest BCUT2D eigenvalue weighted by molar-refractivity contribution is 6.32. The monoisotopic (exact) mass is 360 g/mol. The normalized spacial score (nSPS) is 11.0. The number of pyridine rings is 1. The summed E-state index contributed by atoms with van der Waals surface area (Å²) < 4.78 is 6.06. The van der Waals surface area contributed by atoms with E-state index in [1.165, 1.54) is 0 Å². The van der Waals surface area contributed by atoms with Crippen molar-refractivity contribution < 1.29 is 9.84 Å². The average molecular weight is 361 g/mol. The molecule has 0 unspecified atom stereocenters. The third kappa shape index (κ3) is 4.05. The van der Waals surface area contributed by atoms with Gasteiger partial charge in [-0.05, 0) is 25.5 Å². The summed E-state index contributed by atoms with van der Waals surface area (Å²) in [5.74, 6) is -0.377. The second-order valence-corrected chi connectivity index (χ2v) is 5.65. The summed E-state index contributed by atoms with van der Waals surface area (Å²) in [5, 5.41) is 27.9. The van der Waals surface area contributed by atoms with Gasteiger partial charge in [0.1, 0.15) is 17.3 Å². The molecule has 1 N–H and O–H groups in total. The minimum absolute atomic E-state index is 0.00770. The van der Waals surface area contributed by atoms with E-state index in [-0.39, 0.29) is 29.2 Å². The van der Waals surface area contributed by atoms with E-state index in [9.17, 15) is 15.2 Å². The molecule has 2 rings (SSSR count). The number of aromatic nitrogens is 1. The van der Waals surface area contributed by atoms with Crippen LogP contribution in [-0.4, -0.2) is 23.4 Å². The van der Waals surface area contributed by atoms with E-state index in [1.54, 1.807) is 38.3 Å². The smallest absolute Gasteiger partial charge is 0.281 e. The number of ether oxygens (including phenoxy) is 1. The standard InChI is InChI=1S/C17H17ClN4O3/c1-11-12(10-19)16(23)22(8-5-9-25-2)17(24)15(11)21-20-14-7-4-3-6-13(14)18/h3-4,6-7,23H,5,8-9H2,1-2H3. The van der Waals surface area contributed by atoms with Crippen molar-refractivity contribution in [3.05, 3.63) is 50.8 Å². The maximum atomic E-state index is 12.6. The van der Waals surface area contributed by atoms with Crippen LogP contribution in [0.2, 0.25) is 5.02 Å². The zero-order valence-corrected chi connectivity index (χ0v) is 14.6. The molecular weight excluding hydrogens is 344 g/mol. The molecule has 0 radical (unpaired) electrons. The van der Waals surface area contributed by atoms with Crippen molar-refractivity contribution in [1.82, 2.24) is 4.57 Å². The Balaban J connectivity index is 2.54. The Morgan fingerprint density at radius 2 is 2.08 bits per heavy atom. The first-order valence-electron chi connectivity index (χ1n) is 7.53. The maximum Gasteiger partial charge on any atom is 0.281 e. The van der Waals surface area contributed by atoms with Gasteiger partial charge in [-0.1, -0.05) is 23.7 Å². The van der Waals surface area contributed by atoms with Gasteiger partial charge < -0.3 is 9.84 Å². The molecular formula is C17H17ClN4O3. The van der Waals surface area contributed by atoms with Gasteiger partial charge in [-0.2, -0.15) is 5.26 Å². The number of nitrogens with zero attached hydrogens (tertiary/aromatic N) is 4. The Morgan fingerprint density at radius 3 is 2.72 bits per heavy atom. The van der Waals surface area contributed by atoms with Gasteiger partial charge in [0.15, 0.2) is 5.69 Å². The van der Waals surface area contributed by atoms with E-state index < -0.39 is 5.56 Å². The van der Waals surface area contributed by atoms with E-state index in [2.05, 4.69) is 10.2 Å². The largest absolute Gasteiger partial charge is 0.493 e. The molecule has 0 atom stereocenters. The highest BCUT2D eigenvalue weighted by atomic mass is 35.5. The molecule has 25 heavy (non-hydrogen) atoms. The number of methoxy groups -OCH3 is 1. The highest BCUT2D eigenvalue weighted by Crippen LogP contribution is 2.29. The minimum Gasteiger partial charge on any atom is -0.493 e. The fraction of sp³-hybridized carbons (Fsp3) is 0.294. The Morgan fingerprint density at radius 1 is 1.36 bits per heavy atom. The van der Waals surface area contributed by atoms with Crippen LogP contribution < -0.4 is 5.56 Å². The number of azo groups is 1. The molecule has 0 saturated carbocycles. The lowest BCUT2D eigenvalue weighted by molar-refractivity contribution is 0.188. The Bertz CT molecular complexity index is 900. The predicted octanol–water partition coefficient (Wildman–Crippen LogP) is 3.84. The molecule has 0 amide bonds. The maximum absolute atomic E-state index is 12.6. The van der Waals surface area contributed by atoms with E-state index in [1.807, 2.05) is 6.07 Å². The number of aromatic hydroxyl groups is 1. The highest BCUT2D eigenvalue weighted by Gasteiger charge is 2.19. The molecule has 0 fully saturated rings. The van der Waals surface area contributed by atoms with Crippen LogP contribution in [-0.2, 0) is 11.3 Å². The molecule has 7 nitrogen and oxygen atoms in total. The number of benzene rings is 1. The summed E-state index contributed by atoms with van der Waals surface area (Å²) in [4.78, 5) is 12.6. The molecule has 0 aliphatic heterocycles. The van der Waals surface area contributed by atoms with Gasteiger partial charge in [0, 0.05) is 25.8 Å². The summed E-state index contributed by atoms with van der Waals surface area (Å²) in [6, 6.07) is 8.71. The van der Waals surface area contributed by atoms with E-state index >= 15 is 0 Å². The van der Waals surface area contributed by atoms with Gasteiger partial charge in [-0.15, -0.1) is 10.2 Å². The molecule has 0 bridgehead atoms. The van der Waals surface area contributed by atoms with E-state index in [0.29, 0.717) is 23.7 Å². The first-order chi connectivity index (χ1) is 12.0. The van der Waals surface area contributed by atoms with Crippen molar-refractivity contribution in [3.8, 4) is 11.9 Å². The van der Waals surface area contributed by atoms with Gasteiger partial charge in [-0.25, -0.2) is 0 Å². The third-order valence-electron chi connectivity index (χ3n) is 3.61. The first-order valence-corrected chi connectivity index (χ1v) is 7.90. The first kappa shape index (κ1) is 18.6. The van der Waals surface area contributed by atoms with Crippen LogP contribution in [0, 0.1) is 18.3 Å². The SMILES string of the molecule is COCCCn1c(O)c(C#N)c(C)c(N=Nc2ccccc2Cl)c1=O. The zero-order valence-electron chi connectivity index (χ0n) is 13.9. The van der Waals surface area contributed by atoms with Gasteiger partial charge in [0.2, 0.25) is 5.88 Å². The van der Waals surface area contributed by atoms with Crippen molar-refractivity contribution in [1.29, 1.82) is 5.26 Å². The number of hydrogen-bond acceptors (Lipinski definition) is 6. The zero-order chi connectivity index (χ0) is 18.4. The lowest BCUT2D eigenvalue weighted by Gasteiger charge is -2.12. The Kier molecular flexibility index (Phi) is 6.28. The van der Waals surface area contributed by atoms with Crippen molar-refractivity contribution >= 4 is 23.0 Å². The number of nitriles is 1. The van der Waals surface area contributed by atoms with Crippen LogP contribution >= 0.6 is 11.6 Å².